The van der Waals surface area contributed by atoms with E-state index in [9.17, 15) is 4.39 Å². The van der Waals surface area contributed by atoms with E-state index in [1.54, 1.807) is 0 Å². The molecule has 2 rings (SSSR count). The van der Waals surface area contributed by atoms with Gasteiger partial charge in [0, 0.05) is 6.54 Å². The van der Waals surface area contributed by atoms with Crippen molar-refractivity contribution in [2.45, 2.75) is 19.5 Å². The fraction of sp³-hybridized carbons (Fsp3) is 0.455. The first-order valence-electron chi connectivity index (χ1n) is 4.90. The van der Waals surface area contributed by atoms with Crippen molar-refractivity contribution in [2.75, 3.05) is 18.5 Å². The molecule has 2 nitrogen and oxygen atoms in total. The minimum Gasteiger partial charge on any atom is -0.488 e. The smallest absolute Gasteiger partial charge is 0.142 e. The molecule has 0 spiro atoms. The highest BCUT2D eigenvalue weighted by atomic mass is 19.1. The Hall–Kier alpha value is -1.25. The fourth-order valence-electron chi connectivity index (χ4n) is 1.63. The topological polar surface area (TPSA) is 21.3 Å². The van der Waals surface area contributed by atoms with Crippen molar-refractivity contribution in [1.82, 2.24) is 0 Å². The molecule has 1 aromatic rings. The molecule has 0 aliphatic carbocycles. The lowest BCUT2D eigenvalue weighted by atomic mass is 10.1. The summed E-state index contributed by atoms with van der Waals surface area (Å²) in [7, 11) is 0. The van der Waals surface area contributed by atoms with E-state index in [0.717, 1.165) is 24.4 Å². The highest BCUT2D eigenvalue weighted by molar-refractivity contribution is 5.65. The second-order valence-corrected chi connectivity index (χ2v) is 3.56. The van der Waals surface area contributed by atoms with Crippen molar-refractivity contribution in [3.63, 3.8) is 0 Å². The number of rotatable bonds is 3. The Kier molecular flexibility index (Phi) is 2.57. The molecule has 1 unspecified atom stereocenters. The molecule has 0 saturated carbocycles. The molecule has 0 amide bonds. The Morgan fingerprint density at radius 1 is 1.57 bits per heavy atom. The predicted octanol–water partition coefficient (Wildman–Crippen LogP) is 2.39. The van der Waals surface area contributed by atoms with Crippen LogP contribution in [-0.2, 0) is 6.42 Å². The standard InChI is InChI=1S/C11H14FNO/c1-8(12)7-14-10-4-2-3-9-5-6-13-11(9)10/h2-4,8,13H,5-7H2,1H3. The third-order valence-corrected chi connectivity index (χ3v) is 2.28. The number of para-hydroxylation sites is 1. The summed E-state index contributed by atoms with van der Waals surface area (Å²) in [6, 6.07) is 5.89. The fourth-order valence-corrected chi connectivity index (χ4v) is 1.63. The minimum absolute atomic E-state index is 0.123. The number of fused-ring (bicyclic) bond motifs is 1. The molecule has 1 heterocycles. The molecule has 1 atom stereocenters. The van der Waals surface area contributed by atoms with Gasteiger partial charge >= 0.3 is 0 Å². The molecule has 0 aromatic heterocycles. The zero-order chi connectivity index (χ0) is 9.97. The lowest BCUT2D eigenvalue weighted by molar-refractivity contribution is 0.210. The molecule has 14 heavy (non-hydrogen) atoms. The number of ether oxygens (including phenoxy) is 1. The van der Waals surface area contributed by atoms with Crippen LogP contribution in [0.3, 0.4) is 0 Å². The summed E-state index contributed by atoms with van der Waals surface area (Å²) in [5, 5.41) is 3.24. The maximum atomic E-state index is 12.6. The molecular formula is C11H14FNO. The van der Waals surface area contributed by atoms with Gasteiger partial charge in [0.15, 0.2) is 0 Å². The van der Waals surface area contributed by atoms with Crippen LogP contribution in [0.2, 0.25) is 0 Å². The van der Waals surface area contributed by atoms with Gasteiger partial charge < -0.3 is 10.1 Å². The summed E-state index contributed by atoms with van der Waals surface area (Å²) in [5.74, 6) is 0.768. The number of hydrogen-bond acceptors (Lipinski definition) is 2. The van der Waals surface area contributed by atoms with E-state index < -0.39 is 6.17 Å². The van der Waals surface area contributed by atoms with Gasteiger partial charge in [-0.15, -0.1) is 0 Å². The van der Waals surface area contributed by atoms with Gasteiger partial charge in [-0.25, -0.2) is 4.39 Å². The highest BCUT2D eigenvalue weighted by Crippen LogP contribution is 2.32. The quantitative estimate of drug-likeness (QED) is 0.799. The molecule has 3 heteroatoms. The third kappa shape index (κ3) is 1.81. The van der Waals surface area contributed by atoms with Crippen LogP contribution < -0.4 is 10.1 Å². The molecule has 0 radical (unpaired) electrons. The minimum atomic E-state index is -0.924. The Balaban J connectivity index is 2.14. The molecule has 76 valence electrons. The van der Waals surface area contributed by atoms with E-state index in [1.165, 1.54) is 12.5 Å². The van der Waals surface area contributed by atoms with E-state index in [-0.39, 0.29) is 6.61 Å². The number of nitrogens with one attached hydrogen (secondary N) is 1. The summed E-state index contributed by atoms with van der Waals surface area (Å²) < 4.78 is 18.0. The van der Waals surface area contributed by atoms with E-state index >= 15 is 0 Å². The second kappa shape index (κ2) is 3.86. The van der Waals surface area contributed by atoms with Crippen LogP contribution in [0.15, 0.2) is 18.2 Å². The van der Waals surface area contributed by atoms with Gasteiger partial charge in [-0.1, -0.05) is 12.1 Å². The van der Waals surface area contributed by atoms with Crippen molar-refractivity contribution < 1.29 is 9.13 Å². The molecule has 0 fully saturated rings. The zero-order valence-corrected chi connectivity index (χ0v) is 8.22. The van der Waals surface area contributed by atoms with Crippen molar-refractivity contribution in [1.29, 1.82) is 0 Å². The first kappa shape index (κ1) is 9.31. The van der Waals surface area contributed by atoms with E-state index in [0.29, 0.717) is 0 Å². The number of benzene rings is 1. The molecule has 1 aliphatic heterocycles. The normalized spacial score (nSPS) is 15.9. The summed E-state index contributed by atoms with van der Waals surface area (Å²) >= 11 is 0. The lowest BCUT2D eigenvalue weighted by Gasteiger charge is -2.11. The van der Waals surface area contributed by atoms with Crippen molar-refractivity contribution >= 4 is 5.69 Å². The molecule has 1 N–H and O–H groups in total. The van der Waals surface area contributed by atoms with Gasteiger partial charge in [0.25, 0.3) is 0 Å². The molecule has 1 aromatic carbocycles. The third-order valence-electron chi connectivity index (χ3n) is 2.28. The van der Waals surface area contributed by atoms with Crippen LogP contribution >= 0.6 is 0 Å². The SMILES string of the molecule is CC(F)COc1cccc2c1NCC2. The van der Waals surface area contributed by atoms with Crippen LogP contribution in [0.5, 0.6) is 5.75 Å². The number of anilines is 1. The Morgan fingerprint density at radius 3 is 3.21 bits per heavy atom. The molecule has 0 saturated heterocycles. The van der Waals surface area contributed by atoms with Gasteiger partial charge in [0.1, 0.15) is 18.5 Å². The summed E-state index contributed by atoms with van der Waals surface area (Å²) in [4.78, 5) is 0. The Morgan fingerprint density at radius 2 is 2.43 bits per heavy atom. The number of alkyl halides is 1. The van der Waals surface area contributed by atoms with E-state index in [2.05, 4.69) is 11.4 Å². The van der Waals surface area contributed by atoms with Crippen LogP contribution in [0.25, 0.3) is 0 Å². The van der Waals surface area contributed by atoms with E-state index in [4.69, 9.17) is 4.74 Å². The lowest BCUT2D eigenvalue weighted by Crippen LogP contribution is -2.09. The first-order chi connectivity index (χ1) is 6.77. The number of hydrogen-bond donors (Lipinski definition) is 1. The maximum absolute atomic E-state index is 12.6. The van der Waals surface area contributed by atoms with E-state index in [1.807, 2.05) is 12.1 Å². The Bertz CT molecular complexity index is 325. The second-order valence-electron chi connectivity index (χ2n) is 3.56. The van der Waals surface area contributed by atoms with Crippen LogP contribution in [0.1, 0.15) is 12.5 Å². The number of halogens is 1. The van der Waals surface area contributed by atoms with Gasteiger partial charge in [-0.05, 0) is 25.0 Å². The van der Waals surface area contributed by atoms with Gasteiger partial charge in [-0.3, -0.25) is 0 Å². The van der Waals surface area contributed by atoms with Crippen molar-refractivity contribution in [2.24, 2.45) is 0 Å². The monoisotopic (exact) mass is 195 g/mol. The summed E-state index contributed by atoms with van der Waals surface area (Å²) in [6.07, 6.45) is 0.102. The predicted molar refractivity (Wildman–Crippen MR) is 54.7 cm³/mol. The average molecular weight is 195 g/mol. The molecular weight excluding hydrogens is 181 g/mol. The van der Waals surface area contributed by atoms with Gasteiger partial charge in [0.05, 0.1) is 5.69 Å². The van der Waals surface area contributed by atoms with Crippen LogP contribution in [0, 0.1) is 0 Å². The highest BCUT2D eigenvalue weighted by Gasteiger charge is 2.14. The van der Waals surface area contributed by atoms with Crippen molar-refractivity contribution in [3.05, 3.63) is 23.8 Å². The van der Waals surface area contributed by atoms with Crippen LogP contribution in [-0.4, -0.2) is 19.3 Å². The van der Waals surface area contributed by atoms with Crippen molar-refractivity contribution in [3.8, 4) is 5.75 Å². The van der Waals surface area contributed by atoms with Crippen LogP contribution in [0.4, 0.5) is 10.1 Å². The zero-order valence-electron chi connectivity index (χ0n) is 8.22. The Labute approximate surface area is 83.1 Å². The van der Waals surface area contributed by atoms with Gasteiger partial charge in [0.2, 0.25) is 0 Å². The summed E-state index contributed by atoms with van der Waals surface area (Å²) in [5.41, 5.74) is 2.29. The molecule has 1 aliphatic rings. The molecule has 0 bridgehead atoms. The van der Waals surface area contributed by atoms with Gasteiger partial charge in [-0.2, -0.15) is 0 Å². The average Bonchev–Trinajstić information content (AvgIpc) is 2.62. The largest absolute Gasteiger partial charge is 0.488 e. The first-order valence-corrected chi connectivity index (χ1v) is 4.90. The maximum Gasteiger partial charge on any atom is 0.142 e. The summed E-state index contributed by atoms with van der Waals surface area (Å²) in [6.45, 7) is 2.57.